The Hall–Kier alpha value is -1.86. The summed E-state index contributed by atoms with van der Waals surface area (Å²) < 4.78 is 0. The molecule has 15 heavy (non-hydrogen) atoms. The van der Waals surface area contributed by atoms with Gasteiger partial charge in [0.15, 0.2) is 0 Å². The van der Waals surface area contributed by atoms with Crippen molar-refractivity contribution in [1.82, 2.24) is 0 Å². The third-order valence-corrected chi connectivity index (χ3v) is 1.89. The number of hydrogen-bond acceptors (Lipinski definition) is 3. The predicted molar refractivity (Wildman–Crippen MR) is 56.4 cm³/mol. The molecule has 0 saturated heterocycles. The molecule has 0 saturated carbocycles. The van der Waals surface area contributed by atoms with Crippen LogP contribution in [0.15, 0.2) is 18.2 Å². The number of nitro groups is 1. The van der Waals surface area contributed by atoms with Crippen molar-refractivity contribution in [1.29, 1.82) is 0 Å². The summed E-state index contributed by atoms with van der Waals surface area (Å²) in [5.74, 6) is 5.53. The first kappa shape index (κ1) is 11.2. The minimum atomic E-state index is -0.448. The van der Waals surface area contributed by atoms with E-state index in [4.69, 9.17) is 5.11 Å². The Kier molecular flexibility index (Phi) is 3.83. The van der Waals surface area contributed by atoms with Gasteiger partial charge in [-0.15, -0.1) is 0 Å². The van der Waals surface area contributed by atoms with Gasteiger partial charge in [-0.25, -0.2) is 0 Å². The van der Waals surface area contributed by atoms with Gasteiger partial charge in [0.25, 0.3) is 5.69 Å². The van der Waals surface area contributed by atoms with Crippen molar-refractivity contribution in [3.8, 4) is 11.8 Å². The zero-order valence-corrected chi connectivity index (χ0v) is 8.36. The molecule has 0 heterocycles. The molecule has 0 unspecified atom stereocenters. The zero-order valence-electron chi connectivity index (χ0n) is 8.36. The predicted octanol–water partition coefficient (Wildman–Crippen LogP) is 1.64. The smallest absolute Gasteiger partial charge is 0.270 e. The van der Waals surface area contributed by atoms with Gasteiger partial charge >= 0.3 is 0 Å². The van der Waals surface area contributed by atoms with Gasteiger partial charge in [-0.1, -0.05) is 17.9 Å². The van der Waals surface area contributed by atoms with E-state index in [9.17, 15) is 10.1 Å². The van der Waals surface area contributed by atoms with Crippen LogP contribution in [0, 0.1) is 28.9 Å². The number of rotatable bonds is 2. The van der Waals surface area contributed by atoms with Crippen LogP contribution in [-0.4, -0.2) is 16.6 Å². The Bertz CT molecular complexity index is 429. The van der Waals surface area contributed by atoms with Crippen molar-refractivity contribution >= 4 is 5.69 Å². The summed E-state index contributed by atoms with van der Waals surface area (Å²) in [7, 11) is 0. The second-order valence-corrected chi connectivity index (χ2v) is 3.03. The average molecular weight is 205 g/mol. The molecule has 4 nitrogen and oxygen atoms in total. The summed E-state index contributed by atoms with van der Waals surface area (Å²) in [6, 6.07) is 4.56. The summed E-state index contributed by atoms with van der Waals surface area (Å²) in [5, 5.41) is 19.1. The summed E-state index contributed by atoms with van der Waals surface area (Å²) in [6.45, 7) is 1.84. The Labute approximate surface area is 87.7 Å². The van der Waals surface area contributed by atoms with E-state index in [1.165, 1.54) is 12.1 Å². The maximum atomic E-state index is 10.5. The van der Waals surface area contributed by atoms with Gasteiger partial charge in [0.05, 0.1) is 11.5 Å². The Morgan fingerprint density at radius 2 is 2.27 bits per heavy atom. The van der Waals surface area contributed by atoms with Gasteiger partial charge in [0.2, 0.25) is 0 Å². The van der Waals surface area contributed by atoms with E-state index in [-0.39, 0.29) is 12.3 Å². The average Bonchev–Trinajstić information content (AvgIpc) is 2.20. The molecule has 0 fully saturated rings. The van der Waals surface area contributed by atoms with E-state index >= 15 is 0 Å². The highest BCUT2D eigenvalue weighted by atomic mass is 16.6. The number of non-ortho nitro benzene ring substituents is 1. The van der Waals surface area contributed by atoms with Crippen molar-refractivity contribution in [2.45, 2.75) is 13.3 Å². The van der Waals surface area contributed by atoms with Gasteiger partial charge < -0.3 is 5.11 Å². The quantitative estimate of drug-likeness (QED) is 0.453. The molecule has 1 aromatic carbocycles. The third kappa shape index (κ3) is 3.08. The molecule has 0 aliphatic rings. The fourth-order valence-electron chi connectivity index (χ4n) is 1.07. The lowest BCUT2D eigenvalue weighted by Gasteiger charge is -1.97. The van der Waals surface area contributed by atoms with E-state index in [2.05, 4.69) is 11.8 Å². The van der Waals surface area contributed by atoms with E-state index in [1.54, 1.807) is 6.07 Å². The lowest BCUT2D eigenvalue weighted by molar-refractivity contribution is -0.384. The fourth-order valence-corrected chi connectivity index (χ4v) is 1.07. The number of hydrogen-bond donors (Lipinski definition) is 1. The number of aryl methyl sites for hydroxylation is 1. The van der Waals surface area contributed by atoms with Crippen molar-refractivity contribution in [3.05, 3.63) is 39.4 Å². The molecule has 78 valence electrons. The van der Waals surface area contributed by atoms with Crippen molar-refractivity contribution < 1.29 is 10.0 Å². The lowest BCUT2D eigenvalue weighted by atomic mass is 10.1. The Morgan fingerprint density at radius 1 is 1.53 bits per heavy atom. The minimum Gasteiger partial charge on any atom is -0.395 e. The highest BCUT2D eigenvalue weighted by molar-refractivity contribution is 5.47. The number of nitro benzene ring substituents is 1. The second-order valence-electron chi connectivity index (χ2n) is 3.03. The van der Waals surface area contributed by atoms with Crippen LogP contribution < -0.4 is 0 Å². The van der Waals surface area contributed by atoms with Crippen LogP contribution in [0.3, 0.4) is 0 Å². The van der Waals surface area contributed by atoms with E-state index in [1.807, 2.05) is 6.92 Å². The second kappa shape index (κ2) is 5.13. The molecule has 0 aromatic heterocycles. The van der Waals surface area contributed by atoms with Crippen LogP contribution in [0.25, 0.3) is 0 Å². The first-order valence-corrected chi connectivity index (χ1v) is 4.50. The standard InChI is InChI=1S/C11H11NO3/c1-9-5-6-11(12(14)15)8-10(9)4-2-3-7-13/h5-6,8,13H,3,7H2,1H3. The van der Waals surface area contributed by atoms with Crippen LogP contribution in [0.1, 0.15) is 17.5 Å². The first-order valence-electron chi connectivity index (χ1n) is 4.50. The fraction of sp³-hybridized carbons (Fsp3) is 0.273. The molecular weight excluding hydrogens is 194 g/mol. The molecule has 0 atom stereocenters. The largest absolute Gasteiger partial charge is 0.395 e. The highest BCUT2D eigenvalue weighted by Gasteiger charge is 2.06. The highest BCUT2D eigenvalue weighted by Crippen LogP contribution is 2.16. The molecule has 0 bridgehead atoms. The van der Waals surface area contributed by atoms with Crippen LogP contribution in [-0.2, 0) is 0 Å². The van der Waals surface area contributed by atoms with Gasteiger partial charge in [-0.2, -0.15) is 0 Å². The lowest BCUT2D eigenvalue weighted by Crippen LogP contribution is -1.90. The Balaban J connectivity index is 3.02. The molecule has 0 aliphatic heterocycles. The monoisotopic (exact) mass is 205 g/mol. The van der Waals surface area contributed by atoms with E-state index in [0.717, 1.165) is 5.56 Å². The number of aliphatic hydroxyl groups excluding tert-OH is 1. The number of benzene rings is 1. The summed E-state index contributed by atoms with van der Waals surface area (Å²) >= 11 is 0. The molecular formula is C11H11NO3. The molecule has 0 aliphatic carbocycles. The minimum absolute atomic E-state index is 0.000967. The van der Waals surface area contributed by atoms with Crippen molar-refractivity contribution in [3.63, 3.8) is 0 Å². The van der Waals surface area contributed by atoms with Gasteiger partial charge in [0.1, 0.15) is 0 Å². The molecule has 0 spiro atoms. The normalized spacial score (nSPS) is 9.20. The molecule has 4 heteroatoms. The Morgan fingerprint density at radius 3 is 2.87 bits per heavy atom. The maximum absolute atomic E-state index is 10.5. The van der Waals surface area contributed by atoms with Crippen LogP contribution >= 0.6 is 0 Å². The van der Waals surface area contributed by atoms with Crippen molar-refractivity contribution in [2.75, 3.05) is 6.61 Å². The van der Waals surface area contributed by atoms with Crippen LogP contribution in [0.5, 0.6) is 0 Å². The van der Waals surface area contributed by atoms with Crippen molar-refractivity contribution in [2.24, 2.45) is 0 Å². The molecule has 1 aromatic rings. The van der Waals surface area contributed by atoms with E-state index < -0.39 is 4.92 Å². The molecule has 0 amide bonds. The SMILES string of the molecule is Cc1ccc([N+](=O)[O-])cc1C#CCCO. The maximum Gasteiger partial charge on any atom is 0.270 e. The topological polar surface area (TPSA) is 63.4 Å². The third-order valence-electron chi connectivity index (χ3n) is 1.89. The summed E-state index contributed by atoms with van der Waals surface area (Å²) in [4.78, 5) is 10.1. The van der Waals surface area contributed by atoms with Crippen LogP contribution in [0.2, 0.25) is 0 Å². The summed E-state index contributed by atoms with van der Waals surface area (Å²) in [6.07, 6.45) is 0.377. The zero-order chi connectivity index (χ0) is 11.3. The molecule has 1 rings (SSSR count). The van der Waals surface area contributed by atoms with Gasteiger partial charge in [0, 0.05) is 24.1 Å². The molecule has 1 N–H and O–H groups in total. The number of aliphatic hydroxyl groups is 1. The first-order chi connectivity index (χ1) is 7.15. The summed E-state index contributed by atoms with van der Waals surface area (Å²) in [5.41, 5.74) is 1.57. The van der Waals surface area contributed by atoms with Gasteiger partial charge in [-0.3, -0.25) is 10.1 Å². The van der Waals surface area contributed by atoms with Crippen LogP contribution in [0.4, 0.5) is 5.69 Å². The van der Waals surface area contributed by atoms with E-state index in [0.29, 0.717) is 12.0 Å². The molecule has 0 radical (unpaired) electrons. The van der Waals surface area contributed by atoms with Gasteiger partial charge in [-0.05, 0) is 12.5 Å². The number of nitrogens with zero attached hydrogens (tertiary/aromatic N) is 1.